The number of amides is 1. The third-order valence-electron chi connectivity index (χ3n) is 3.53. The van der Waals surface area contributed by atoms with Gasteiger partial charge in [-0.1, -0.05) is 15.9 Å². The van der Waals surface area contributed by atoms with Crippen LogP contribution in [-0.2, 0) is 4.74 Å². The minimum Gasteiger partial charge on any atom is -0.444 e. The van der Waals surface area contributed by atoms with Gasteiger partial charge in [0, 0.05) is 11.0 Å². The summed E-state index contributed by atoms with van der Waals surface area (Å²) in [6.45, 7) is 6.27. The Labute approximate surface area is 137 Å². The number of halogens is 1. The second kappa shape index (κ2) is 5.57. The van der Waals surface area contributed by atoms with E-state index in [-0.39, 0.29) is 12.1 Å². The lowest BCUT2D eigenvalue weighted by Crippen LogP contribution is -2.36. The van der Waals surface area contributed by atoms with Gasteiger partial charge < -0.3 is 9.15 Å². The Morgan fingerprint density at radius 3 is 2.95 bits per heavy atom. The third-order valence-corrected chi connectivity index (χ3v) is 4.03. The van der Waals surface area contributed by atoms with Crippen LogP contribution in [0.15, 0.2) is 27.1 Å². The standard InChI is InChI=1S/C16H19BrN2O3/c1-16(2,3)22-15(20)19-8-4-5-12(19)14-18-11-9-10(17)6-7-13(11)21-14/h6-7,9,12H,4-5,8H2,1-3H3/t12-/m0/s1. The van der Waals surface area contributed by atoms with E-state index in [1.807, 2.05) is 39.0 Å². The lowest BCUT2D eigenvalue weighted by atomic mass is 10.2. The Morgan fingerprint density at radius 2 is 2.23 bits per heavy atom. The lowest BCUT2D eigenvalue weighted by molar-refractivity contribution is 0.0205. The maximum Gasteiger partial charge on any atom is 0.410 e. The summed E-state index contributed by atoms with van der Waals surface area (Å²) < 4.78 is 12.3. The number of carbonyl (C=O) groups excluding carboxylic acids is 1. The van der Waals surface area contributed by atoms with Crippen molar-refractivity contribution in [3.05, 3.63) is 28.6 Å². The maximum atomic E-state index is 12.3. The SMILES string of the molecule is CC(C)(C)OC(=O)N1CCC[C@H]1c1nc2cc(Br)ccc2o1. The van der Waals surface area contributed by atoms with E-state index in [4.69, 9.17) is 9.15 Å². The number of oxazole rings is 1. The van der Waals surface area contributed by atoms with Crippen molar-refractivity contribution in [3.63, 3.8) is 0 Å². The van der Waals surface area contributed by atoms with Gasteiger partial charge in [-0.25, -0.2) is 9.78 Å². The highest BCUT2D eigenvalue weighted by molar-refractivity contribution is 9.10. The fourth-order valence-electron chi connectivity index (χ4n) is 2.62. The largest absolute Gasteiger partial charge is 0.444 e. The molecule has 1 saturated heterocycles. The number of nitrogens with zero attached hydrogens (tertiary/aromatic N) is 2. The van der Waals surface area contributed by atoms with Crippen molar-refractivity contribution < 1.29 is 13.9 Å². The molecular formula is C16H19BrN2O3. The minimum absolute atomic E-state index is 0.152. The van der Waals surface area contributed by atoms with Gasteiger partial charge in [-0.3, -0.25) is 4.90 Å². The average molecular weight is 367 g/mol. The van der Waals surface area contributed by atoms with Gasteiger partial charge in [-0.15, -0.1) is 0 Å². The fraction of sp³-hybridized carbons (Fsp3) is 0.500. The first-order valence-electron chi connectivity index (χ1n) is 7.39. The molecule has 118 valence electrons. The Morgan fingerprint density at radius 1 is 1.45 bits per heavy atom. The zero-order valence-electron chi connectivity index (χ0n) is 12.9. The number of aromatic nitrogens is 1. The molecule has 0 unspecified atom stereocenters. The summed E-state index contributed by atoms with van der Waals surface area (Å²) in [6.07, 6.45) is 1.46. The van der Waals surface area contributed by atoms with Crippen molar-refractivity contribution in [2.75, 3.05) is 6.54 Å². The lowest BCUT2D eigenvalue weighted by Gasteiger charge is -2.27. The van der Waals surface area contributed by atoms with E-state index >= 15 is 0 Å². The van der Waals surface area contributed by atoms with Gasteiger partial charge in [0.15, 0.2) is 5.58 Å². The van der Waals surface area contributed by atoms with Crippen molar-refractivity contribution in [1.29, 1.82) is 0 Å². The number of rotatable bonds is 1. The first-order valence-corrected chi connectivity index (χ1v) is 8.18. The van der Waals surface area contributed by atoms with Crippen LogP contribution in [0.5, 0.6) is 0 Å². The van der Waals surface area contributed by atoms with Gasteiger partial charge in [0.2, 0.25) is 5.89 Å². The van der Waals surface area contributed by atoms with E-state index in [0.717, 1.165) is 28.4 Å². The summed E-state index contributed by atoms with van der Waals surface area (Å²) >= 11 is 3.43. The maximum absolute atomic E-state index is 12.3. The highest BCUT2D eigenvalue weighted by Gasteiger charge is 2.36. The molecule has 1 aliphatic heterocycles. The smallest absolute Gasteiger partial charge is 0.410 e. The predicted octanol–water partition coefficient (Wildman–Crippen LogP) is 4.66. The van der Waals surface area contributed by atoms with Crippen LogP contribution in [0.25, 0.3) is 11.1 Å². The van der Waals surface area contributed by atoms with Crippen LogP contribution >= 0.6 is 15.9 Å². The molecule has 0 bridgehead atoms. The second-order valence-corrected chi connectivity index (χ2v) is 7.41. The van der Waals surface area contributed by atoms with Gasteiger partial charge in [-0.2, -0.15) is 0 Å². The summed E-state index contributed by atoms with van der Waals surface area (Å²) in [4.78, 5) is 18.6. The van der Waals surface area contributed by atoms with Crippen LogP contribution in [0, 0.1) is 0 Å². The molecule has 0 aliphatic carbocycles. The molecule has 1 fully saturated rings. The van der Waals surface area contributed by atoms with Crippen LogP contribution < -0.4 is 0 Å². The number of benzene rings is 1. The number of hydrogen-bond donors (Lipinski definition) is 0. The van der Waals surface area contributed by atoms with Gasteiger partial charge in [0.1, 0.15) is 17.2 Å². The van der Waals surface area contributed by atoms with E-state index in [9.17, 15) is 4.79 Å². The summed E-state index contributed by atoms with van der Waals surface area (Å²) in [5, 5.41) is 0. The molecule has 1 aliphatic rings. The second-order valence-electron chi connectivity index (χ2n) is 6.50. The van der Waals surface area contributed by atoms with Crippen LogP contribution in [0.2, 0.25) is 0 Å². The molecule has 0 N–H and O–H groups in total. The Kier molecular flexibility index (Phi) is 3.89. The highest BCUT2D eigenvalue weighted by Crippen LogP contribution is 2.34. The molecule has 1 aromatic carbocycles. The van der Waals surface area contributed by atoms with Crippen LogP contribution in [0.1, 0.15) is 45.5 Å². The minimum atomic E-state index is -0.504. The van der Waals surface area contributed by atoms with Gasteiger partial charge in [-0.05, 0) is 51.8 Å². The molecule has 2 heterocycles. The molecule has 1 aromatic heterocycles. The molecule has 3 rings (SSSR count). The quantitative estimate of drug-likeness (QED) is 0.736. The molecule has 2 aromatic rings. The molecule has 1 atom stereocenters. The van der Waals surface area contributed by atoms with Crippen molar-refractivity contribution >= 4 is 33.1 Å². The molecule has 22 heavy (non-hydrogen) atoms. The normalized spacial score (nSPS) is 18.9. The van der Waals surface area contributed by atoms with Crippen LogP contribution in [-0.4, -0.2) is 28.1 Å². The van der Waals surface area contributed by atoms with Gasteiger partial charge in [0.25, 0.3) is 0 Å². The van der Waals surface area contributed by atoms with E-state index in [1.165, 1.54) is 0 Å². The molecule has 0 spiro atoms. The summed E-state index contributed by atoms with van der Waals surface area (Å²) in [7, 11) is 0. The first-order chi connectivity index (χ1) is 10.3. The van der Waals surface area contributed by atoms with Crippen molar-refractivity contribution in [2.45, 2.75) is 45.3 Å². The topological polar surface area (TPSA) is 55.6 Å². The predicted molar refractivity (Wildman–Crippen MR) is 86.6 cm³/mol. The molecule has 5 nitrogen and oxygen atoms in total. The third kappa shape index (κ3) is 3.11. The summed E-state index contributed by atoms with van der Waals surface area (Å²) in [6, 6.07) is 5.55. The molecule has 1 amide bonds. The van der Waals surface area contributed by atoms with Gasteiger partial charge in [0.05, 0.1) is 0 Å². The Balaban J connectivity index is 1.86. The van der Waals surface area contributed by atoms with E-state index < -0.39 is 5.60 Å². The molecule has 0 saturated carbocycles. The van der Waals surface area contributed by atoms with E-state index in [2.05, 4.69) is 20.9 Å². The molecule has 6 heteroatoms. The zero-order chi connectivity index (χ0) is 15.9. The average Bonchev–Trinajstić information content (AvgIpc) is 3.01. The number of fused-ring (bicyclic) bond motifs is 1. The van der Waals surface area contributed by atoms with E-state index in [0.29, 0.717) is 12.4 Å². The van der Waals surface area contributed by atoms with Gasteiger partial charge >= 0.3 is 6.09 Å². The van der Waals surface area contributed by atoms with Crippen molar-refractivity contribution in [3.8, 4) is 0 Å². The summed E-state index contributed by atoms with van der Waals surface area (Å²) in [5.74, 6) is 0.580. The van der Waals surface area contributed by atoms with Crippen molar-refractivity contribution in [1.82, 2.24) is 9.88 Å². The van der Waals surface area contributed by atoms with Crippen molar-refractivity contribution in [2.24, 2.45) is 0 Å². The molecule has 0 radical (unpaired) electrons. The van der Waals surface area contributed by atoms with E-state index in [1.54, 1.807) is 4.90 Å². The number of hydrogen-bond acceptors (Lipinski definition) is 4. The fourth-order valence-corrected chi connectivity index (χ4v) is 2.97. The summed E-state index contributed by atoms with van der Waals surface area (Å²) in [5.41, 5.74) is 1.02. The Hall–Kier alpha value is -1.56. The monoisotopic (exact) mass is 366 g/mol. The molecular weight excluding hydrogens is 348 g/mol. The zero-order valence-corrected chi connectivity index (χ0v) is 14.5. The van der Waals surface area contributed by atoms with Crippen LogP contribution in [0.3, 0.4) is 0 Å². The highest BCUT2D eigenvalue weighted by atomic mass is 79.9. The Bertz CT molecular complexity index is 705. The number of carbonyl (C=O) groups is 1. The first kappa shape index (κ1) is 15.3. The van der Waals surface area contributed by atoms with Crippen LogP contribution in [0.4, 0.5) is 4.79 Å². The number of likely N-dealkylation sites (tertiary alicyclic amines) is 1. The number of ether oxygens (including phenoxy) is 1.